The molecule has 2 rings (SSSR count). The summed E-state index contributed by atoms with van der Waals surface area (Å²) in [5.74, 6) is -2.07. The van der Waals surface area contributed by atoms with Gasteiger partial charge in [-0.1, -0.05) is 6.07 Å². The van der Waals surface area contributed by atoms with E-state index >= 15 is 0 Å². The lowest BCUT2D eigenvalue weighted by molar-refractivity contribution is -0.119. The third kappa shape index (κ3) is 2.66. The lowest BCUT2D eigenvalue weighted by Crippen LogP contribution is -2.38. The molecule has 16 heavy (non-hydrogen) atoms. The molecular formula is C11H14F2N2O. The number of alkyl halides is 2. The monoisotopic (exact) mass is 228 g/mol. The van der Waals surface area contributed by atoms with E-state index in [2.05, 4.69) is 4.98 Å². The quantitative estimate of drug-likeness (QED) is 0.857. The summed E-state index contributed by atoms with van der Waals surface area (Å²) in [7, 11) is 0. The van der Waals surface area contributed by atoms with Gasteiger partial charge in [0.05, 0.1) is 6.61 Å². The van der Waals surface area contributed by atoms with Gasteiger partial charge < -0.3 is 10.5 Å². The van der Waals surface area contributed by atoms with Crippen LogP contribution < -0.4 is 10.5 Å². The van der Waals surface area contributed by atoms with Crippen LogP contribution in [0.3, 0.4) is 0 Å². The van der Waals surface area contributed by atoms with Gasteiger partial charge >= 0.3 is 0 Å². The number of pyridine rings is 1. The predicted octanol–water partition coefficient (Wildman–Crippen LogP) is 1.96. The zero-order valence-corrected chi connectivity index (χ0v) is 8.83. The number of rotatable bonds is 4. The van der Waals surface area contributed by atoms with Gasteiger partial charge in [-0.3, -0.25) is 0 Å². The van der Waals surface area contributed by atoms with Crippen molar-refractivity contribution >= 4 is 0 Å². The Bertz CT molecular complexity index is 346. The summed E-state index contributed by atoms with van der Waals surface area (Å²) in [6.07, 6.45) is 1.48. The highest BCUT2D eigenvalue weighted by molar-refractivity contribution is 5.17. The van der Waals surface area contributed by atoms with Crippen LogP contribution in [0.1, 0.15) is 18.4 Å². The van der Waals surface area contributed by atoms with Crippen molar-refractivity contribution in [2.24, 2.45) is 11.7 Å². The molecule has 1 aliphatic rings. The molecule has 0 unspecified atom stereocenters. The molecule has 0 saturated heterocycles. The van der Waals surface area contributed by atoms with Gasteiger partial charge in [-0.15, -0.1) is 0 Å². The van der Waals surface area contributed by atoms with E-state index in [1.165, 1.54) is 0 Å². The van der Waals surface area contributed by atoms with Crippen molar-refractivity contribution < 1.29 is 13.5 Å². The fourth-order valence-corrected chi connectivity index (χ4v) is 1.72. The number of aromatic nitrogens is 1. The van der Waals surface area contributed by atoms with Crippen molar-refractivity contribution in [3.05, 3.63) is 23.9 Å². The number of hydrogen-bond donors (Lipinski definition) is 1. The van der Waals surface area contributed by atoms with Crippen LogP contribution in [0.25, 0.3) is 0 Å². The average Bonchev–Trinajstić information content (AvgIpc) is 2.24. The first-order chi connectivity index (χ1) is 7.59. The molecule has 0 spiro atoms. The molecule has 5 heteroatoms. The fourth-order valence-electron chi connectivity index (χ4n) is 1.72. The molecule has 88 valence electrons. The minimum atomic E-state index is -2.48. The maximum Gasteiger partial charge on any atom is 0.248 e. The maximum absolute atomic E-state index is 12.5. The Kier molecular flexibility index (Phi) is 3.05. The Labute approximate surface area is 92.6 Å². The van der Waals surface area contributed by atoms with Gasteiger partial charge in [0.25, 0.3) is 0 Å². The molecule has 2 N–H and O–H groups in total. The van der Waals surface area contributed by atoms with E-state index in [0.29, 0.717) is 19.0 Å². The Morgan fingerprint density at radius 2 is 2.19 bits per heavy atom. The van der Waals surface area contributed by atoms with Crippen molar-refractivity contribution in [3.63, 3.8) is 0 Å². The average molecular weight is 228 g/mol. The van der Waals surface area contributed by atoms with Crippen LogP contribution in [-0.2, 0) is 6.54 Å². The van der Waals surface area contributed by atoms with Crippen molar-refractivity contribution in [3.8, 4) is 5.88 Å². The number of nitrogens with zero attached hydrogens (tertiary/aromatic N) is 1. The number of nitrogens with two attached hydrogens (primary N) is 1. The summed E-state index contributed by atoms with van der Waals surface area (Å²) >= 11 is 0. The van der Waals surface area contributed by atoms with Crippen LogP contribution in [-0.4, -0.2) is 17.5 Å². The minimum absolute atomic E-state index is 0.0500. The molecule has 0 radical (unpaired) electrons. The van der Waals surface area contributed by atoms with Crippen LogP contribution >= 0.6 is 0 Å². The number of halogens is 2. The van der Waals surface area contributed by atoms with E-state index in [1.807, 2.05) is 6.07 Å². The van der Waals surface area contributed by atoms with Gasteiger partial charge in [-0.05, 0) is 5.56 Å². The van der Waals surface area contributed by atoms with Gasteiger partial charge in [0, 0.05) is 37.6 Å². The summed E-state index contributed by atoms with van der Waals surface area (Å²) in [4.78, 5) is 4.03. The minimum Gasteiger partial charge on any atom is -0.477 e. The Morgan fingerprint density at radius 1 is 1.44 bits per heavy atom. The van der Waals surface area contributed by atoms with Crippen molar-refractivity contribution in [2.45, 2.75) is 25.3 Å². The molecule has 1 aromatic heterocycles. The highest BCUT2D eigenvalue weighted by atomic mass is 19.3. The van der Waals surface area contributed by atoms with Crippen molar-refractivity contribution in [1.82, 2.24) is 4.98 Å². The normalized spacial score (nSPS) is 19.2. The number of ether oxygens (including phenoxy) is 1. The highest BCUT2D eigenvalue weighted by Crippen LogP contribution is 2.42. The standard InChI is InChI=1S/C11H14F2N2O/c12-11(13)3-9(4-11)7-16-10-2-1-8(5-14)6-15-10/h1-2,6,9H,3-5,7,14H2. The number of hydrogen-bond acceptors (Lipinski definition) is 3. The Hall–Kier alpha value is -1.23. The largest absolute Gasteiger partial charge is 0.477 e. The molecule has 0 bridgehead atoms. The van der Waals surface area contributed by atoms with Crippen molar-refractivity contribution in [1.29, 1.82) is 0 Å². The molecule has 1 fully saturated rings. The third-order valence-corrected chi connectivity index (χ3v) is 2.67. The van der Waals surface area contributed by atoms with Gasteiger partial charge in [-0.25, -0.2) is 13.8 Å². The highest BCUT2D eigenvalue weighted by Gasteiger charge is 2.45. The zero-order chi connectivity index (χ0) is 11.6. The zero-order valence-electron chi connectivity index (χ0n) is 8.83. The molecular weight excluding hydrogens is 214 g/mol. The summed E-state index contributed by atoms with van der Waals surface area (Å²) in [5, 5.41) is 0. The second kappa shape index (κ2) is 4.33. The Morgan fingerprint density at radius 3 is 2.69 bits per heavy atom. The summed E-state index contributed by atoms with van der Waals surface area (Å²) in [6.45, 7) is 0.743. The molecule has 1 saturated carbocycles. The SMILES string of the molecule is NCc1ccc(OCC2CC(F)(F)C2)nc1. The first kappa shape index (κ1) is 11.3. The van der Waals surface area contributed by atoms with E-state index in [9.17, 15) is 8.78 Å². The third-order valence-electron chi connectivity index (χ3n) is 2.67. The summed E-state index contributed by atoms with van der Waals surface area (Å²) < 4.78 is 30.4. The molecule has 1 aliphatic carbocycles. The second-order valence-corrected chi connectivity index (χ2v) is 4.15. The van der Waals surface area contributed by atoms with Crippen LogP contribution in [0.4, 0.5) is 8.78 Å². The predicted molar refractivity (Wildman–Crippen MR) is 55.3 cm³/mol. The Balaban J connectivity index is 1.77. The van der Waals surface area contributed by atoms with E-state index in [-0.39, 0.29) is 18.8 Å². The van der Waals surface area contributed by atoms with Gasteiger partial charge in [0.15, 0.2) is 0 Å². The molecule has 0 aliphatic heterocycles. The van der Waals surface area contributed by atoms with E-state index in [1.54, 1.807) is 12.3 Å². The molecule has 1 aromatic rings. The smallest absolute Gasteiger partial charge is 0.248 e. The summed E-state index contributed by atoms with van der Waals surface area (Å²) in [6, 6.07) is 3.52. The first-order valence-corrected chi connectivity index (χ1v) is 5.25. The van der Waals surface area contributed by atoms with Crippen LogP contribution in [0.5, 0.6) is 5.88 Å². The van der Waals surface area contributed by atoms with Gasteiger partial charge in [0.2, 0.25) is 11.8 Å². The fraction of sp³-hybridized carbons (Fsp3) is 0.545. The molecule has 0 atom stereocenters. The van der Waals surface area contributed by atoms with Crippen LogP contribution in [0.2, 0.25) is 0 Å². The lowest BCUT2D eigenvalue weighted by Gasteiger charge is -2.34. The molecule has 1 heterocycles. The molecule has 0 aromatic carbocycles. The van der Waals surface area contributed by atoms with Gasteiger partial charge in [-0.2, -0.15) is 0 Å². The molecule has 3 nitrogen and oxygen atoms in total. The topological polar surface area (TPSA) is 48.1 Å². The van der Waals surface area contributed by atoms with Gasteiger partial charge in [0.1, 0.15) is 0 Å². The maximum atomic E-state index is 12.5. The lowest BCUT2D eigenvalue weighted by atomic mass is 9.82. The van der Waals surface area contributed by atoms with Crippen LogP contribution in [0.15, 0.2) is 18.3 Å². The second-order valence-electron chi connectivity index (χ2n) is 4.15. The van der Waals surface area contributed by atoms with E-state index in [0.717, 1.165) is 5.56 Å². The van der Waals surface area contributed by atoms with Crippen molar-refractivity contribution in [2.75, 3.05) is 6.61 Å². The molecule has 0 amide bonds. The van der Waals surface area contributed by atoms with Crippen LogP contribution in [0, 0.1) is 5.92 Å². The summed E-state index contributed by atoms with van der Waals surface area (Å²) in [5.41, 5.74) is 6.34. The first-order valence-electron chi connectivity index (χ1n) is 5.25. The van der Waals surface area contributed by atoms with E-state index in [4.69, 9.17) is 10.5 Å². The van der Waals surface area contributed by atoms with E-state index < -0.39 is 5.92 Å².